The van der Waals surface area contributed by atoms with Crippen LogP contribution in [0, 0.1) is 16.7 Å². The maximum atomic E-state index is 10.1. The quantitative estimate of drug-likeness (QED) is 0.841. The lowest BCUT2D eigenvalue weighted by Gasteiger charge is -2.14. The molecule has 1 aliphatic rings. The largest absolute Gasteiger partial charge is 0.388 e. The first-order chi connectivity index (χ1) is 9.02. The third kappa shape index (κ3) is 3.61. The highest BCUT2D eigenvalue weighted by molar-refractivity contribution is 5.27. The van der Waals surface area contributed by atoms with Crippen LogP contribution in [0.1, 0.15) is 63.2 Å². The summed E-state index contributed by atoms with van der Waals surface area (Å²) in [5, 5.41) is 19.1. The van der Waals surface area contributed by atoms with E-state index in [2.05, 4.69) is 23.0 Å². The summed E-state index contributed by atoms with van der Waals surface area (Å²) in [6.07, 6.45) is 10.2. The Labute approximate surface area is 115 Å². The summed E-state index contributed by atoms with van der Waals surface area (Å²) in [5.74, 6) is 0. The molecule has 0 aliphatic heterocycles. The van der Waals surface area contributed by atoms with Gasteiger partial charge in [0.2, 0.25) is 0 Å². The Hall–Kier alpha value is -1.27. The Morgan fingerprint density at radius 3 is 2.95 bits per heavy atom. The Morgan fingerprint density at radius 2 is 2.21 bits per heavy atom. The predicted molar refractivity (Wildman–Crippen MR) is 75.6 cm³/mol. The smallest absolute Gasteiger partial charge is 0.0807 e. The molecular weight excluding hydrogens is 236 g/mol. The first-order valence-electron chi connectivity index (χ1n) is 7.30. The van der Waals surface area contributed by atoms with Gasteiger partial charge in [0.1, 0.15) is 0 Å². The molecule has 1 unspecified atom stereocenters. The van der Waals surface area contributed by atoms with Gasteiger partial charge in [-0.2, -0.15) is 5.26 Å². The number of hydrogen-bond acceptors (Lipinski definition) is 2. The predicted octanol–water partition coefficient (Wildman–Crippen LogP) is 3.58. The van der Waals surface area contributed by atoms with E-state index in [1.165, 1.54) is 12.0 Å². The van der Waals surface area contributed by atoms with Crippen molar-refractivity contribution >= 4 is 0 Å². The summed E-state index contributed by atoms with van der Waals surface area (Å²) in [7, 11) is 0. The number of aliphatic hydroxyl groups excluding tert-OH is 1. The van der Waals surface area contributed by atoms with Gasteiger partial charge >= 0.3 is 0 Å². The first-order valence-corrected chi connectivity index (χ1v) is 7.30. The van der Waals surface area contributed by atoms with Crippen LogP contribution in [-0.4, -0.2) is 9.67 Å². The molecule has 0 aromatic carbocycles. The van der Waals surface area contributed by atoms with Crippen LogP contribution in [0.25, 0.3) is 0 Å². The third-order valence-electron chi connectivity index (χ3n) is 4.05. The second kappa shape index (κ2) is 5.79. The van der Waals surface area contributed by atoms with Crippen molar-refractivity contribution in [3.05, 3.63) is 23.5 Å². The number of aliphatic hydroxyl groups is 1. The lowest BCUT2D eigenvalue weighted by molar-refractivity contribution is 0.166. The van der Waals surface area contributed by atoms with Gasteiger partial charge in [-0.25, -0.2) is 0 Å². The summed E-state index contributed by atoms with van der Waals surface area (Å²) in [6.45, 7) is 4.91. The standard InChI is InChI=1S/C16H24N2O/c1-16(2,12-17)8-5-9-18-10-13-6-3-4-7-15(19)14(13)11-18/h10-11,15,19H,3-9H2,1-2H3. The van der Waals surface area contributed by atoms with E-state index in [0.29, 0.717) is 0 Å². The molecule has 0 saturated carbocycles. The normalized spacial score (nSPS) is 19.6. The zero-order valence-electron chi connectivity index (χ0n) is 12.0. The minimum atomic E-state index is -0.283. The molecule has 19 heavy (non-hydrogen) atoms. The highest BCUT2D eigenvalue weighted by Gasteiger charge is 2.19. The van der Waals surface area contributed by atoms with Crippen molar-refractivity contribution in [3.63, 3.8) is 0 Å². The fourth-order valence-corrected chi connectivity index (χ4v) is 2.78. The molecule has 1 heterocycles. The zero-order chi connectivity index (χ0) is 13.9. The second-order valence-electron chi connectivity index (χ2n) is 6.34. The number of nitriles is 1. The fraction of sp³-hybridized carbons (Fsp3) is 0.688. The first kappa shape index (κ1) is 14.1. The summed E-state index contributed by atoms with van der Waals surface area (Å²) >= 11 is 0. The Balaban J connectivity index is 1.96. The molecule has 0 fully saturated rings. The molecule has 1 N–H and O–H groups in total. The van der Waals surface area contributed by atoms with Crippen LogP contribution in [0.15, 0.2) is 12.4 Å². The number of aryl methyl sites for hydroxylation is 2. The van der Waals surface area contributed by atoms with E-state index < -0.39 is 0 Å². The van der Waals surface area contributed by atoms with Gasteiger partial charge in [-0.15, -0.1) is 0 Å². The van der Waals surface area contributed by atoms with Crippen molar-refractivity contribution in [1.82, 2.24) is 4.57 Å². The third-order valence-corrected chi connectivity index (χ3v) is 4.05. The molecule has 1 atom stereocenters. The van der Waals surface area contributed by atoms with Crippen molar-refractivity contribution < 1.29 is 5.11 Å². The lowest BCUT2D eigenvalue weighted by atomic mass is 9.90. The SMILES string of the molecule is CC(C)(C#N)CCCn1cc2c(c1)C(O)CCCC2. The van der Waals surface area contributed by atoms with E-state index >= 15 is 0 Å². The van der Waals surface area contributed by atoms with Gasteiger partial charge in [0.15, 0.2) is 0 Å². The van der Waals surface area contributed by atoms with Gasteiger partial charge in [-0.3, -0.25) is 0 Å². The van der Waals surface area contributed by atoms with Gasteiger partial charge in [-0.05, 0) is 51.5 Å². The Bertz CT molecular complexity index is 468. The summed E-state index contributed by atoms with van der Waals surface area (Å²) in [4.78, 5) is 0. The van der Waals surface area contributed by atoms with Crippen LogP contribution >= 0.6 is 0 Å². The maximum absolute atomic E-state index is 10.1. The Morgan fingerprint density at radius 1 is 1.42 bits per heavy atom. The van der Waals surface area contributed by atoms with Crippen LogP contribution < -0.4 is 0 Å². The minimum Gasteiger partial charge on any atom is -0.388 e. The van der Waals surface area contributed by atoms with E-state index in [4.69, 9.17) is 5.26 Å². The zero-order valence-corrected chi connectivity index (χ0v) is 12.0. The molecule has 0 amide bonds. The van der Waals surface area contributed by atoms with E-state index in [-0.39, 0.29) is 11.5 Å². The van der Waals surface area contributed by atoms with Gasteiger partial charge in [0, 0.05) is 24.5 Å². The van der Waals surface area contributed by atoms with Gasteiger partial charge in [0.05, 0.1) is 17.6 Å². The van der Waals surface area contributed by atoms with Gasteiger partial charge in [-0.1, -0.05) is 6.42 Å². The van der Waals surface area contributed by atoms with Crippen LogP contribution in [0.5, 0.6) is 0 Å². The molecule has 0 bridgehead atoms. The molecule has 104 valence electrons. The maximum Gasteiger partial charge on any atom is 0.0807 e. The molecule has 0 saturated heterocycles. The monoisotopic (exact) mass is 260 g/mol. The lowest BCUT2D eigenvalue weighted by Crippen LogP contribution is -2.09. The molecule has 1 aromatic heterocycles. The molecule has 0 radical (unpaired) electrons. The highest BCUT2D eigenvalue weighted by atomic mass is 16.3. The average molecular weight is 260 g/mol. The highest BCUT2D eigenvalue weighted by Crippen LogP contribution is 2.29. The van der Waals surface area contributed by atoms with E-state index in [1.54, 1.807) is 0 Å². The fourth-order valence-electron chi connectivity index (χ4n) is 2.78. The summed E-state index contributed by atoms with van der Waals surface area (Å²) in [5.41, 5.74) is 2.20. The molecule has 0 spiro atoms. The van der Waals surface area contributed by atoms with Gasteiger partial charge < -0.3 is 9.67 Å². The summed E-state index contributed by atoms with van der Waals surface area (Å²) in [6, 6.07) is 2.34. The second-order valence-corrected chi connectivity index (χ2v) is 6.34. The summed E-state index contributed by atoms with van der Waals surface area (Å²) < 4.78 is 2.19. The molecule has 1 aromatic rings. The molecule has 3 heteroatoms. The molecular formula is C16H24N2O. The van der Waals surface area contributed by atoms with E-state index in [0.717, 1.165) is 44.2 Å². The molecule has 3 nitrogen and oxygen atoms in total. The topological polar surface area (TPSA) is 49.0 Å². The van der Waals surface area contributed by atoms with Crippen LogP contribution in [0.2, 0.25) is 0 Å². The van der Waals surface area contributed by atoms with Crippen molar-refractivity contribution in [2.24, 2.45) is 5.41 Å². The van der Waals surface area contributed by atoms with E-state index in [1.807, 2.05) is 13.8 Å². The van der Waals surface area contributed by atoms with Gasteiger partial charge in [0.25, 0.3) is 0 Å². The number of rotatable bonds is 4. The average Bonchev–Trinajstić information content (AvgIpc) is 2.70. The number of hydrogen-bond donors (Lipinski definition) is 1. The molecule has 1 aliphatic carbocycles. The van der Waals surface area contributed by atoms with Crippen LogP contribution in [-0.2, 0) is 13.0 Å². The molecule has 2 rings (SSSR count). The van der Waals surface area contributed by atoms with Crippen molar-refractivity contribution in [2.45, 2.75) is 65.0 Å². The number of nitrogens with zero attached hydrogens (tertiary/aromatic N) is 2. The van der Waals surface area contributed by atoms with Crippen molar-refractivity contribution in [3.8, 4) is 6.07 Å². The van der Waals surface area contributed by atoms with E-state index in [9.17, 15) is 5.11 Å². The Kier molecular flexibility index (Phi) is 4.31. The van der Waals surface area contributed by atoms with Crippen molar-refractivity contribution in [1.29, 1.82) is 5.26 Å². The van der Waals surface area contributed by atoms with Crippen LogP contribution in [0.3, 0.4) is 0 Å². The van der Waals surface area contributed by atoms with Crippen molar-refractivity contribution in [2.75, 3.05) is 0 Å². The minimum absolute atomic E-state index is 0.232. The number of aromatic nitrogens is 1. The van der Waals surface area contributed by atoms with Crippen LogP contribution in [0.4, 0.5) is 0 Å². The number of fused-ring (bicyclic) bond motifs is 1.